The SMILES string of the molecule is C#CCNS(=O)(=O)c1cccc(C(=O)NC(C)c2cc(F)ccc2N2CCN(C)CC2)c1. The molecule has 9 heteroatoms. The van der Waals surface area contributed by atoms with Crippen molar-refractivity contribution in [2.24, 2.45) is 0 Å². The molecule has 1 aliphatic heterocycles. The molecule has 2 aromatic carbocycles. The number of terminal acetylenes is 1. The van der Waals surface area contributed by atoms with Gasteiger partial charge in [-0.2, -0.15) is 4.72 Å². The van der Waals surface area contributed by atoms with E-state index in [1.807, 2.05) is 0 Å². The first-order valence-electron chi connectivity index (χ1n) is 10.3. The van der Waals surface area contributed by atoms with Crippen LogP contribution in [0.4, 0.5) is 10.1 Å². The first-order chi connectivity index (χ1) is 15.2. The van der Waals surface area contributed by atoms with Crippen LogP contribution in [0.1, 0.15) is 28.9 Å². The molecular weight excluding hydrogens is 431 g/mol. The second-order valence-electron chi connectivity index (χ2n) is 7.75. The zero-order chi connectivity index (χ0) is 23.3. The molecule has 7 nitrogen and oxygen atoms in total. The summed E-state index contributed by atoms with van der Waals surface area (Å²) in [6.07, 6.45) is 5.11. The van der Waals surface area contributed by atoms with E-state index < -0.39 is 22.0 Å². The minimum atomic E-state index is -3.82. The number of carbonyl (C=O) groups is 1. The van der Waals surface area contributed by atoms with Gasteiger partial charge in [-0.3, -0.25) is 4.79 Å². The Morgan fingerprint density at radius 2 is 1.91 bits per heavy atom. The Bertz CT molecular complexity index is 1120. The van der Waals surface area contributed by atoms with Gasteiger partial charge in [-0.1, -0.05) is 12.0 Å². The number of hydrogen-bond donors (Lipinski definition) is 2. The predicted octanol–water partition coefficient (Wildman–Crippen LogP) is 1.98. The standard InChI is InChI=1S/C23H27FN4O3S/c1-4-10-25-32(30,31)20-7-5-6-18(15-20)23(29)26-17(2)21-16-19(24)8-9-22(21)28-13-11-27(3)12-14-28/h1,5-9,15-17,25H,10-14H2,2-3H3,(H,26,29). The van der Waals surface area contributed by atoms with E-state index >= 15 is 0 Å². The van der Waals surface area contributed by atoms with Gasteiger partial charge in [0.1, 0.15) is 5.82 Å². The number of rotatable bonds is 7. The van der Waals surface area contributed by atoms with Crippen LogP contribution in [0.3, 0.4) is 0 Å². The van der Waals surface area contributed by atoms with E-state index in [0.717, 1.165) is 31.9 Å². The van der Waals surface area contributed by atoms with Crippen LogP contribution in [-0.4, -0.2) is 59.0 Å². The summed E-state index contributed by atoms with van der Waals surface area (Å²) in [5.41, 5.74) is 1.72. The minimum absolute atomic E-state index is 0.0584. The van der Waals surface area contributed by atoms with Gasteiger partial charge in [-0.15, -0.1) is 6.42 Å². The van der Waals surface area contributed by atoms with Gasteiger partial charge < -0.3 is 15.1 Å². The Morgan fingerprint density at radius 1 is 1.19 bits per heavy atom. The molecule has 0 aliphatic carbocycles. The van der Waals surface area contributed by atoms with Crippen LogP contribution in [0, 0.1) is 18.2 Å². The fraction of sp³-hybridized carbons (Fsp3) is 0.348. The minimum Gasteiger partial charge on any atom is -0.369 e. The summed E-state index contributed by atoms with van der Waals surface area (Å²) in [5, 5.41) is 2.86. The first kappa shape index (κ1) is 23.7. The number of amides is 1. The summed E-state index contributed by atoms with van der Waals surface area (Å²) in [5.74, 6) is 1.37. The number of nitrogens with zero attached hydrogens (tertiary/aromatic N) is 2. The van der Waals surface area contributed by atoms with Gasteiger partial charge in [-0.05, 0) is 50.4 Å². The van der Waals surface area contributed by atoms with Crippen molar-refractivity contribution in [1.29, 1.82) is 0 Å². The van der Waals surface area contributed by atoms with Crippen LogP contribution in [0.25, 0.3) is 0 Å². The third-order valence-electron chi connectivity index (χ3n) is 5.42. The van der Waals surface area contributed by atoms with Gasteiger partial charge in [0.25, 0.3) is 5.91 Å². The number of piperazine rings is 1. The Hall–Kier alpha value is -2.93. The highest BCUT2D eigenvalue weighted by Gasteiger charge is 2.22. The van der Waals surface area contributed by atoms with E-state index in [1.54, 1.807) is 13.0 Å². The van der Waals surface area contributed by atoms with Crippen molar-refractivity contribution < 1.29 is 17.6 Å². The van der Waals surface area contributed by atoms with Crippen molar-refractivity contribution in [1.82, 2.24) is 14.9 Å². The maximum absolute atomic E-state index is 14.1. The lowest BCUT2D eigenvalue weighted by atomic mass is 10.0. The maximum Gasteiger partial charge on any atom is 0.251 e. The van der Waals surface area contributed by atoms with Gasteiger partial charge in [-0.25, -0.2) is 12.8 Å². The summed E-state index contributed by atoms with van der Waals surface area (Å²) >= 11 is 0. The summed E-state index contributed by atoms with van der Waals surface area (Å²) in [7, 11) is -1.77. The molecule has 1 fully saturated rings. The molecule has 3 rings (SSSR count). The molecule has 1 aliphatic rings. The molecule has 0 aromatic heterocycles. The Balaban J connectivity index is 1.80. The molecule has 1 atom stereocenters. The van der Waals surface area contributed by atoms with Gasteiger partial charge in [0.15, 0.2) is 0 Å². The van der Waals surface area contributed by atoms with Crippen molar-refractivity contribution in [2.45, 2.75) is 17.9 Å². The Kier molecular flexibility index (Phi) is 7.51. The molecule has 0 spiro atoms. The molecule has 0 radical (unpaired) electrons. The van der Waals surface area contributed by atoms with Crippen molar-refractivity contribution in [3.63, 3.8) is 0 Å². The molecule has 1 amide bonds. The smallest absolute Gasteiger partial charge is 0.251 e. The summed E-state index contributed by atoms with van der Waals surface area (Å²) in [6, 6.07) is 9.78. The topological polar surface area (TPSA) is 81.7 Å². The molecule has 2 N–H and O–H groups in total. The lowest BCUT2D eigenvalue weighted by Crippen LogP contribution is -2.45. The van der Waals surface area contributed by atoms with Crippen LogP contribution < -0.4 is 14.9 Å². The normalized spacial score (nSPS) is 15.8. The molecule has 32 heavy (non-hydrogen) atoms. The lowest BCUT2D eigenvalue weighted by molar-refractivity contribution is 0.0939. The number of anilines is 1. The van der Waals surface area contributed by atoms with Gasteiger partial charge in [0.2, 0.25) is 10.0 Å². The number of benzene rings is 2. The summed E-state index contributed by atoms with van der Waals surface area (Å²) in [6.45, 7) is 5.03. The van der Waals surface area contributed by atoms with Crippen LogP contribution >= 0.6 is 0 Å². The third-order valence-corrected chi connectivity index (χ3v) is 6.82. The maximum atomic E-state index is 14.1. The number of hydrogen-bond acceptors (Lipinski definition) is 5. The first-order valence-corrected chi connectivity index (χ1v) is 11.8. The van der Waals surface area contributed by atoms with Crippen molar-refractivity contribution >= 4 is 21.6 Å². The molecule has 170 valence electrons. The number of halogens is 1. The molecule has 0 saturated carbocycles. The Labute approximate surface area is 188 Å². The highest BCUT2D eigenvalue weighted by Crippen LogP contribution is 2.28. The predicted molar refractivity (Wildman–Crippen MR) is 122 cm³/mol. The molecule has 0 bridgehead atoms. The van der Waals surface area contributed by atoms with Crippen molar-refractivity contribution in [3.05, 3.63) is 59.4 Å². The number of likely N-dealkylation sites (N-methyl/N-ethyl adjacent to an activating group) is 1. The number of sulfonamides is 1. The van der Waals surface area contributed by atoms with E-state index in [4.69, 9.17) is 6.42 Å². The second kappa shape index (κ2) is 10.1. The van der Waals surface area contributed by atoms with E-state index in [1.165, 1.54) is 36.4 Å². The van der Waals surface area contributed by atoms with E-state index in [9.17, 15) is 17.6 Å². The van der Waals surface area contributed by atoms with Crippen molar-refractivity contribution in [3.8, 4) is 12.3 Å². The van der Waals surface area contributed by atoms with E-state index in [2.05, 4.69) is 32.8 Å². The highest BCUT2D eigenvalue weighted by molar-refractivity contribution is 7.89. The monoisotopic (exact) mass is 458 g/mol. The Morgan fingerprint density at radius 3 is 2.59 bits per heavy atom. The molecule has 1 unspecified atom stereocenters. The second-order valence-corrected chi connectivity index (χ2v) is 9.51. The van der Waals surface area contributed by atoms with Gasteiger partial charge in [0.05, 0.1) is 17.5 Å². The van der Waals surface area contributed by atoms with E-state index in [-0.39, 0.29) is 22.8 Å². The lowest BCUT2D eigenvalue weighted by Gasteiger charge is -2.36. The zero-order valence-electron chi connectivity index (χ0n) is 18.1. The van der Waals surface area contributed by atoms with Gasteiger partial charge >= 0.3 is 0 Å². The average molecular weight is 459 g/mol. The van der Waals surface area contributed by atoms with E-state index in [0.29, 0.717) is 5.56 Å². The quantitative estimate of drug-likeness (QED) is 0.620. The van der Waals surface area contributed by atoms with Gasteiger partial charge in [0, 0.05) is 43.0 Å². The largest absolute Gasteiger partial charge is 0.369 e. The fourth-order valence-corrected chi connectivity index (χ4v) is 4.57. The highest BCUT2D eigenvalue weighted by atomic mass is 32.2. The zero-order valence-corrected chi connectivity index (χ0v) is 19.0. The summed E-state index contributed by atoms with van der Waals surface area (Å²) in [4.78, 5) is 17.2. The molecule has 2 aromatic rings. The van der Waals surface area contributed by atoms with Crippen LogP contribution in [0.15, 0.2) is 47.4 Å². The number of carbonyl (C=O) groups excluding carboxylic acids is 1. The van der Waals surface area contributed by atoms with Crippen LogP contribution in [-0.2, 0) is 10.0 Å². The summed E-state index contributed by atoms with van der Waals surface area (Å²) < 4.78 is 40.9. The fourth-order valence-electron chi connectivity index (χ4n) is 3.59. The molecule has 1 heterocycles. The van der Waals surface area contributed by atoms with Crippen molar-refractivity contribution in [2.75, 3.05) is 44.7 Å². The van der Waals surface area contributed by atoms with Crippen LogP contribution in [0.5, 0.6) is 0 Å². The van der Waals surface area contributed by atoms with Crippen LogP contribution in [0.2, 0.25) is 0 Å². The number of nitrogens with one attached hydrogen (secondary N) is 2. The molecule has 1 saturated heterocycles. The average Bonchev–Trinajstić information content (AvgIpc) is 2.78. The molecular formula is C23H27FN4O3S. The third kappa shape index (κ3) is 5.65.